The Morgan fingerprint density at radius 2 is 1.17 bits per heavy atom. The van der Waals surface area contributed by atoms with Crippen LogP contribution in [0.4, 0.5) is 0 Å². The quantitative estimate of drug-likeness (QED) is 0.628. The summed E-state index contributed by atoms with van der Waals surface area (Å²) in [6.45, 7) is 0. The topological polar surface area (TPSA) is 74.6 Å². The summed E-state index contributed by atoms with van der Waals surface area (Å²) in [6, 6.07) is 0. The summed E-state index contributed by atoms with van der Waals surface area (Å²) in [6.07, 6.45) is 0. The summed E-state index contributed by atoms with van der Waals surface area (Å²) in [5, 5.41) is 0. The van der Waals surface area contributed by atoms with Gasteiger partial charge in [-0.25, -0.2) is 0 Å². The van der Waals surface area contributed by atoms with E-state index in [9.17, 15) is 0 Å². The van der Waals surface area contributed by atoms with Gasteiger partial charge in [-0.15, -0.1) is 0 Å². The van der Waals surface area contributed by atoms with Gasteiger partial charge in [0, 0.05) is 17.0 Å². The van der Waals surface area contributed by atoms with Crippen molar-refractivity contribution >= 4 is 17.0 Å². The first-order chi connectivity index (χ1) is 2.00. The fraction of sp³-hybridized carbons (Fsp3) is 0. The second-order valence-electron chi connectivity index (χ2n) is 0.448. The van der Waals surface area contributed by atoms with Crippen LogP contribution in [0.15, 0.2) is 0 Å². The monoisotopic (exact) mass is 329 g/mol. The van der Waals surface area contributed by atoms with E-state index in [2.05, 4.69) is 0 Å². The second kappa shape index (κ2) is 2.80. The molecule has 0 saturated carbocycles. The third kappa shape index (κ3) is 135. The minimum absolute atomic E-state index is 0. The van der Waals surface area contributed by atoms with Crippen molar-refractivity contribution in [2.24, 2.45) is 0 Å². The summed E-state index contributed by atoms with van der Waals surface area (Å²) in [5.41, 5.74) is 0. The molecule has 2 N–H and O–H groups in total. The standard InChI is InChI=1S/Br.2H2O.2O.W/h;2*1H2;;;/q;;;;;+2/p-2. The van der Waals surface area contributed by atoms with E-state index < -0.39 is 16.7 Å². The minimum atomic E-state index is -5.67. The maximum atomic E-state index is 8.87. The van der Waals surface area contributed by atoms with Gasteiger partial charge in [0.05, 0.1) is 0 Å². The molecule has 39 valence electrons. The third-order valence-corrected chi connectivity index (χ3v) is 0. The zero-order chi connectivity index (χ0) is 4.50. The first-order valence-corrected chi connectivity index (χ1v) is 5.72. The molecule has 0 bridgehead atoms. The molecular formula is H2BrO4W. The molecule has 0 saturated heterocycles. The zero-order valence-electron chi connectivity index (χ0n) is 2.50. The zero-order valence-corrected chi connectivity index (χ0v) is 7.02. The van der Waals surface area contributed by atoms with Crippen LogP contribution in [-0.4, -0.2) is 7.52 Å². The second-order valence-corrected chi connectivity index (χ2v) is 3.67. The van der Waals surface area contributed by atoms with E-state index in [0.717, 1.165) is 0 Å². The van der Waals surface area contributed by atoms with E-state index >= 15 is 0 Å². The number of halogens is 1. The van der Waals surface area contributed by atoms with Crippen LogP contribution in [0.1, 0.15) is 0 Å². The normalized spacial score (nSPS) is 9.67. The molecule has 0 aromatic heterocycles. The van der Waals surface area contributed by atoms with Crippen molar-refractivity contribution in [1.82, 2.24) is 0 Å². The molecule has 6 heteroatoms. The molecule has 0 aliphatic heterocycles. The summed E-state index contributed by atoms with van der Waals surface area (Å²) in [5.74, 6) is 0. The predicted molar refractivity (Wildman–Crippen MR) is 14.7 cm³/mol. The van der Waals surface area contributed by atoms with Gasteiger partial charge in [-0.2, -0.15) is 0 Å². The molecule has 1 radical (unpaired) electrons. The van der Waals surface area contributed by atoms with Crippen LogP contribution in [0.2, 0.25) is 0 Å². The van der Waals surface area contributed by atoms with Gasteiger partial charge in [0.25, 0.3) is 0 Å². The number of hydrogen-bond acceptors (Lipinski definition) is 2. The Morgan fingerprint density at radius 1 is 1.17 bits per heavy atom. The molecule has 6 heavy (non-hydrogen) atoms. The molecule has 0 fully saturated rings. The van der Waals surface area contributed by atoms with Crippen molar-refractivity contribution in [1.29, 1.82) is 0 Å². The van der Waals surface area contributed by atoms with Crippen molar-refractivity contribution in [3.8, 4) is 0 Å². The molecule has 0 unspecified atom stereocenters. The Hall–Kier alpha value is 0.688. The van der Waals surface area contributed by atoms with E-state index in [1.165, 1.54) is 0 Å². The molecule has 0 atom stereocenters. The molecule has 0 rings (SSSR count). The molecule has 0 aromatic carbocycles. The van der Waals surface area contributed by atoms with Gasteiger partial charge in [-0.05, 0) is 0 Å². The first kappa shape index (κ1) is 9.85. The Bertz CT molecular complexity index is 90.7. The van der Waals surface area contributed by atoms with E-state index in [0.29, 0.717) is 0 Å². The average molecular weight is 330 g/mol. The molecule has 0 aliphatic carbocycles. The Morgan fingerprint density at radius 3 is 1.17 bits per heavy atom. The van der Waals surface area contributed by atoms with Crippen molar-refractivity contribution < 1.29 is 31.1 Å². The SMILES string of the molecule is [Br].[O]=[W](=[O])([OH])[OH]. The number of hydrogen-bond donors (Lipinski definition) is 2. The molecule has 0 spiro atoms. The van der Waals surface area contributed by atoms with E-state index in [-0.39, 0.29) is 17.0 Å². The van der Waals surface area contributed by atoms with E-state index in [1.54, 1.807) is 0 Å². The fourth-order valence-corrected chi connectivity index (χ4v) is 0. The fourth-order valence-electron chi connectivity index (χ4n) is 0. The summed E-state index contributed by atoms with van der Waals surface area (Å²) in [7, 11) is 0. The van der Waals surface area contributed by atoms with Crippen LogP contribution in [0.25, 0.3) is 0 Å². The Labute approximate surface area is 48.3 Å². The van der Waals surface area contributed by atoms with Crippen LogP contribution < -0.4 is 0 Å². The predicted octanol–water partition coefficient (Wildman–Crippen LogP) is -0.508. The van der Waals surface area contributed by atoms with Crippen LogP contribution in [-0.2, 0) is 23.5 Å². The van der Waals surface area contributed by atoms with Gasteiger partial charge in [0.2, 0.25) is 0 Å². The van der Waals surface area contributed by atoms with Crippen molar-refractivity contribution in [3.63, 3.8) is 0 Å². The average Bonchev–Trinajstić information content (AvgIpc) is 0.722. The maximum absolute atomic E-state index is 8.87. The van der Waals surface area contributed by atoms with Gasteiger partial charge in [-0.3, -0.25) is 0 Å². The van der Waals surface area contributed by atoms with Crippen molar-refractivity contribution in [2.45, 2.75) is 0 Å². The number of rotatable bonds is 0. The summed E-state index contributed by atoms with van der Waals surface area (Å²) in [4.78, 5) is 0. The Kier molecular flexibility index (Phi) is 4.59. The van der Waals surface area contributed by atoms with Gasteiger partial charge in [-0.1, -0.05) is 0 Å². The first-order valence-electron chi connectivity index (χ1n) is 0.698. The molecule has 0 aliphatic rings. The molecule has 4 nitrogen and oxygen atoms in total. The summed E-state index contributed by atoms with van der Waals surface area (Å²) < 4.78 is 32.1. The van der Waals surface area contributed by atoms with Crippen molar-refractivity contribution in [2.75, 3.05) is 0 Å². The van der Waals surface area contributed by atoms with Crippen LogP contribution >= 0.6 is 17.0 Å². The van der Waals surface area contributed by atoms with Crippen molar-refractivity contribution in [3.05, 3.63) is 0 Å². The Balaban J connectivity index is 0. The summed E-state index contributed by atoms with van der Waals surface area (Å²) >= 11 is -5.67. The molecular weight excluding hydrogens is 328 g/mol. The van der Waals surface area contributed by atoms with Crippen LogP contribution in [0.5, 0.6) is 0 Å². The third-order valence-electron chi connectivity index (χ3n) is 0. The molecule has 0 heterocycles. The van der Waals surface area contributed by atoms with Crippen LogP contribution in [0.3, 0.4) is 0 Å². The van der Waals surface area contributed by atoms with Gasteiger partial charge >= 0.3 is 31.1 Å². The molecule has 0 amide bonds. The van der Waals surface area contributed by atoms with E-state index in [4.69, 9.17) is 14.3 Å². The van der Waals surface area contributed by atoms with E-state index in [1.807, 2.05) is 0 Å². The van der Waals surface area contributed by atoms with Crippen LogP contribution in [0, 0.1) is 0 Å². The van der Waals surface area contributed by atoms with Gasteiger partial charge in [0.1, 0.15) is 0 Å². The van der Waals surface area contributed by atoms with Gasteiger partial charge in [0.15, 0.2) is 0 Å². The molecule has 0 aromatic rings. The van der Waals surface area contributed by atoms with Gasteiger partial charge < -0.3 is 0 Å².